The van der Waals surface area contributed by atoms with Gasteiger partial charge in [-0.15, -0.1) is 0 Å². The molecule has 108 valence electrons. The maximum Gasteiger partial charge on any atom is 0.331 e. The average Bonchev–Trinajstić information content (AvgIpc) is 2.49. The third kappa shape index (κ3) is 3.84. The first kappa shape index (κ1) is 14.6. The normalized spacial score (nSPS) is 17.2. The van der Waals surface area contributed by atoms with E-state index in [1.54, 1.807) is 0 Å². The highest BCUT2D eigenvalue weighted by molar-refractivity contribution is 5.86. The molecule has 1 aromatic carbocycles. The number of hydrogen-bond donors (Lipinski definition) is 1. The molecule has 0 unspecified atom stereocenters. The molecule has 20 heavy (non-hydrogen) atoms. The third-order valence-corrected chi connectivity index (χ3v) is 3.75. The molecule has 0 saturated carbocycles. The van der Waals surface area contributed by atoms with Gasteiger partial charge in [0.1, 0.15) is 0 Å². The standard InChI is InChI=1S/C16H22N2O2/c1-2-14(16(19)20)8-9-17-10-12-18(13-11-17)15-6-4-3-5-7-15/h3-8H,2,9-13H2,1H3,(H,19,20). The number of para-hydroxylation sites is 1. The Bertz CT molecular complexity index is 463. The summed E-state index contributed by atoms with van der Waals surface area (Å²) in [6.07, 6.45) is 2.43. The molecule has 0 bridgehead atoms. The maximum absolute atomic E-state index is 10.9. The largest absolute Gasteiger partial charge is 0.478 e. The Morgan fingerprint density at radius 3 is 2.40 bits per heavy atom. The summed E-state index contributed by atoms with van der Waals surface area (Å²) in [6, 6.07) is 10.4. The van der Waals surface area contributed by atoms with E-state index >= 15 is 0 Å². The lowest BCUT2D eigenvalue weighted by Crippen LogP contribution is -2.46. The van der Waals surface area contributed by atoms with Gasteiger partial charge >= 0.3 is 5.97 Å². The minimum absolute atomic E-state index is 0.510. The van der Waals surface area contributed by atoms with Crippen molar-refractivity contribution in [3.63, 3.8) is 0 Å². The van der Waals surface area contributed by atoms with E-state index < -0.39 is 5.97 Å². The average molecular weight is 274 g/mol. The van der Waals surface area contributed by atoms with Crippen molar-refractivity contribution in [3.05, 3.63) is 42.0 Å². The minimum Gasteiger partial charge on any atom is -0.478 e. The van der Waals surface area contributed by atoms with Gasteiger partial charge in [-0.05, 0) is 18.6 Å². The fourth-order valence-electron chi connectivity index (χ4n) is 2.45. The van der Waals surface area contributed by atoms with Crippen molar-refractivity contribution in [1.82, 2.24) is 4.90 Å². The van der Waals surface area contributed by atoms with Gasteiger partial charge in [0.05, 0.1) is 0 Å². The van der Waals surface area contributed by atoms with Gasteiger partial charge in [-0.25, -0.2) is 4.79 Å². The number of anilines is 1. The molecule has 0 atom stereocenters. The molecule has 2 rings (SSSR count). The smallest absolute Gasteiger partial charge is 0.331 e. The molecule has 1 saturated heterocycles. The molecule has 0 spiro atoms. The topological polar surface area (TPSA) is 43.8 Å². The van der Waals surface area contributed by atoms with E-state index in [2.05, 4.69) is 34.1 Å². The van der Waals surface area contributed by atoms with Gasteiger partial charge in [0.25, 0.3) is 0 Å². The van der Waals surface area contributed by atoms with Crippen LogP contribution in [0.1, 0.15) is 13.3 Å². The number of nitrogens with zero attached hydrogens (tertiary/aromatic N) is 2. The number of carboxylic acid groups (broad SMARTS) is 1. The van der Waals surface area contributed by atoms with E-state index in [1.165, 1.54) is 5.69 Å². The third-order valence-electron chi connectivity index (χ3n) is 3.75. The van der Waals surface area contributed by atoms with Crippen LogP contribution in [0.2, 0.25) is 0 Å². The van der Waals surface area contributed by atoms with Crippen LogP contribution in [0, 0.1) is 0 Å². The number of rotatable bonds is 5. The molecule has 0 amide bonds. The molecular formula is C16H22N2O2. The van der Waals surface area contributed by atoms with Gasteiger partial charge < -0.3 is 10.0 Å². The summed E-state index contributed by atoms with van der Waals surface area (Å²) in [5, 5.41) is 9.00. The van der Waals surface area contributed by atoms with Crippen molar-refractivity contribution >= 4 is 11.7 Å². The van der Waals surface area contributed by atoms with Gasteiger partial charge in [0.2, 0.25) is 0 Å². The Morgan fingerprint density at radius 1 is 1.20 bits per heavy atom. The molecule has 1 heterocycles. The fourth-order valence-corrected chi connectivity index (χ4v) is 2.45. The SMILES string of the molecule is CCC(=CCN1CCN(c2ccccc2)CC1)C(=O)O. The number of hydrogen-bond acceptors (Lipinski definition) is 3. The molecule has 1 aromatic rings. The number of benzene rings is 1. The number of carboxylic acids is 1. The molecule has 1 aliphatic heterocycles. The molecule has 0 aliphatic carbocycles. The van der Waals surface area contributed by atoms with Crippen molar-refractivity contribution in [2.45, 2.75) is 13.3 Å². The molecule has 1 aliphatic rings. The molecular weight excluding hydrogens is 252 g/mol. The Kier molecular flexibility index (Phi) is 5.18. The second kappa shape index (κ2) is 7.10. The summed E-state index contributed by atoms with van der Waals surface area (Å²) in [6.45, 7) is 6.55. The highest BCUT2D eigenvalue weighted by Crippen LogP contribution is 2.15. The summed E-state index contributed by atoms with van der Waals surface area (Å²) < 4.78 is 0. The van der Waals surface area contributed by atoms with Crippen LogP contribution in [0.3, 0.4) is 0 Å². The summed E-state index contributed by atoms with van der Waals surface area (Å²) in [5.74, 6) is -0.796. The van der Waals surface area contributed by atoms with Gasteiger partial charge in [-0.1, -0.05) is 31.2 Å². The van der Waals surface area contributed by atoms with Crippen molar-refractivity contribution in [2.24, 2.45) is 0 Å². The van der Waals surface area contributed by atoms with E-state index in [9.17, 15) is 4.79 Å². The van der Waals surface area contributed by atoms with Crippen molar-refractivity contribution < 1.29 is 9.90 Å². The molecule has 0 aromatic heterocycles. The lowest BCUT2D eigenvalue weighted by Gasteiger charge is -2.35. The van der Waals surface area contributed by atoms with Gasteiger partial charge in [-0.3, -0.25) is 4.90 Å². The first-order valence-corrected chi connectivity index (χ1v) is 7.15. The summed E-state index contributed by atoms with van der Waals surface area (Å²) in [4.78, 5) is 15.6. The summed E-state index contributed by atoms with van der Waals surface area (Å²) in [7, 11) is 0. The molecule has 4 heteroatoms. The van der Waals surface area contributed by atoms with Crippen LogP contribution in [0.4, 0.5) is 5.69 Å². The quantitative estimate of drug-likeness (QED) is 0.836. The van der Waals surface area contributed by atoms with Gasteiger partial charge in [0.15, 0.2) is 0 Å². The predicted molar refractivity (Wildman–Crippen MR) is 81.1 cm³/mol. The van der Waals surface area contributed by atoms with E-state index in [0.717, 1.165) is 32.7 Å². The number of piperazine rings is 1. The van der Waals surface area contributed by atoms with Gasteiger partial charge in [-0.2, -0.15) is 0 Å². The van der Waals surface area contributed by atoms with E-state index in [1.807, 2.05) is 19.1 Å². The van der Waals surface area contributed by atoms with Crippen LogP contribution in [0.15, 0.2) is 42.0 Å². The second-order valence-corrected chi connectivity index (χ2v) is 5.01. The Hall–Kier alpha value is -1.81. The van der Waals surface area contributed by atoms with Crippen LogP contribution < -0.4 is 4.90 Å². The van der Waals surface area contributed by atoms with Gasteiger partial charge in [0, 0.05) is 44.0 Å². The van der Waals surface area contributed by atoms with Crippen molar-refractivity contribution in [1.29, 1.82) is 0 Å². The first-order chi connectivity index (χ1) is 9.70. The van der Waals surface area contributed by atoms with Crippen LogP contribution in [0.5, 0.6) is 0 Å². The number of carbonyl (C=O) groups is 1. The van der Waals surface area contributed by atoms with Crippen molar-refractivity contribution in [2.75, 3.05) is 37.6 Å². The molecule has 1 N–H and O–H groups in total. The van der Waals surface area contributed by atoms with Crippen LogP contribution in [-0.2, 0) is 4.79 Å². The van der Waals surface area contributed by atoms with E-state index in [4.69, 9.17) is 5.11 Å². The highest BCUT2D eigenvalue weighted by atomic mass is 16.4. The summed E-state index contributed by atoms with van der Waals surface area (Å²) in [5.41, 5.74) is 1.78. The lowest BCUT2D eigenvalue weighted by molar-refractivity contribution is -0.132. The maximum atomic E-state index is 10.9. The lowest BCUT2D eigenvalue weighted by atomic mass is 10.2. The predicted octanol–water partition coefficient (Wildman–Crippen LogP) is 2.23. The van der Waals surface area contributed by atoms with E-state index in [-0.39, 0.29) is 0 Å². The highest BCUT2D eigenvalue weighted by Gasteiger charge is 2.16. The monoisotopic (exact) mass is 274 g/mol. The van der Waals surface area contributed by atoms with Crippen molar-refractivity contribution in [3.8, 4) is 0 Å². The zero-order valence-electron chi connectivity index (χ0n) is 12.0. The molecule has 4 nitrogen and oxygen atoms in total. The molecule has 0 radical (unpaired) electrons. The Balaban J connectivity index is 1.84. The van der Waals surface area contributed by atoms with E-state index in [0.29, 0.717) is 12.0 Å². The zero-order valence-corrected chi connectivity index (χ0v) is 12.0. The Labute approximate surface area is 120 Å². The van der Waals surface area contributed by atoms with Crippen LogP contribution >= 0.6 is 0 Å². The fraction of sp³-hybridized carbons (Fsp3) is 0.438. The zero-order chi connectivity index (χ0) is 14.4. The van der Waals surface area contributed by atoms with Crippen LogP contribution in [0.25, 0.3) is 0 Å². The minimum atomic E-state index is -0.796. The van der Waals surface area contributed by atoms with Crippen LogP contribution in [-0.4, -0.2) is 48.7 Å². The second-order valence-electron chi connectivity index (χ2n) is 5.01. The summed E-state index contributed by atoms with van der Waals surface area (Å²) >= 11 is 0. The molecule has 1 fully saturated rings. The number of aliphatic carboxylic acids is 1. The first-order valence-electron chi connectivity index (χ1n) is 7.15. The Morgan fingerprint density at radius 2 is 1.85 bits per heavy atom.